The number of aryl methyl sites for hydroxylation is 1. The molecule has 162 valence electrons. The zero-order valence-corrected chi connectivity index (χ0v) is 19.8. The van der Waals surface area contributed by atoms with Gasteiger partial charge >= 0.3 is 0 Å². The number of fused-ring (bicyclic) bond motifs is 1. The molecule has 0 aliphatic carbocycles. The van der Waals surface area contributed by atoms with Crippen LogP contribution in [0.25, 0.3) is 0 Å². The smallest absolute Gasteiger partial charge is 0.277 e. The second-order valence-corrected chi connectivity index (χ2v) is 10.3. The molecule has 1 aliphatic rings. The van der Waals surface area contributed by atoms with Gasteiger partial charge in [0.25, 0.3) is 5.22 Å². The summed E-state index contributed by atoms with van der Waals surface area (Å²) in [6, 6.07) is 18.2. The number of carbonyl (C=O) groups is 1. The minimum Gasteiger partial charge on any atom is -0.416 e. The highest BCUT2D eigenvalue weighted by Gasteiger charge is 2.32. The summed E-state index contributed by atoms with van der Waals surface area (Å²) in [5, 5.41) is 11.6. The second-order valence-electron chi connectivity index (χ2n) is 7.25. The number of nitrogens with zero attached hydrogens (tertiary/aromatic N) is 4. The maximum atomic E-state index is 13.4. The van der Waals surface area contributed by atoms with Crippen molar-refractivity contribution in [2.75, 3.05) is 16.4 Å². The Hall–Kier alpha value is -2.62. The van der Waals surface area contributed by atoms with Gasteiger partial charge < -0.3 is 9.32 Å². The van der Waals surface area contributed by atoms with Crippen molar-refractivity contribution in [3.05, 3.63) is 82.1 Å². The average Bonchev–Trinajstić information content (AvgIpc) is 3.45. The van der Waals surface area contributed by atoms with E-state index in [1.165, 1.54) is 11.8 Å². The van der Waals surface area contributed by atoms with Crippen LogP contribution in [0.4, 0.5) is 5.69 Å². The number of benzene rings is 2. The van der Waals surface area contributed by atoms with Gasteiger partial charge in [0.05, 0.1) is 34.6 Å². The van der Waals surface area contributed by atoms with Crippen LogP contribution >= 0.6 is 34.9 Å². The summed E-state index contributed by atoms with van der Waals surface area (Å²) in [4.78, 5) is 20.9. The van der Waals surface area contributed by atoms with Crippen molar-refractivity contribution in [2.24, 2.45) is 0 Å². The second kappa shape index (κ2) is 9.48. The van der Waals surface area contributed by atoms with Gasteiger partial charge in [-0.05, 0) is 24.6 Å². The van der Waals surface area contributed by atoms with E-state index in [-0.39, 0.29) is 17.7 Å². The summed E-state index contributed by atoms with van der Waals surface area (Å²) in [5.41, 5.74) is 3.00. The number of hydrogen-bond donors (Lipinski definition) is 0. The molecule has 2 aromatic carbocycles. The van der Waals surface area contributed by atoms with Crippen LogP contribution in [0.5, 0.6) is 0 Å². The molecule has 3 heterocycles. The monoisotopic (exact) mass is 480 g/mol. The average molecular weight is 481 g/mol. The number of anilines is 1. The van der Waals surface area contributed by atoms with Crippen LogP contribution in [0.2, 0.25) is 0 Å². The number of para-hydroxylation sites is 1. The Morgan fingerprint density at radius 2 is 1.97 bits per heavy atom. The van der Waals surface area contributed by atoms with Crippen molar-refractivity contribution in [3.8, 4) is 0 Å². The minimum absolute atomic E-state index is 0.0182. The molecule has 0 saturated heterocycles. The molecule has 0 fully saturated rings. The molecule has 32 heavy (non-hydrogen) atoms. The van der Waals surface area contributed by atoms with E-state index < -0.39 is 0 Å². The molecule has 0 radical (unpaired) electrons. The summed E-state index contributed by atoms with van der Waals surface area (Å²) in [7, 11) is 0. The van der Waals surface area contributed by atoms with E-state index >= 15 is 0 Å². The quantitative estimate of drug-likeness (QED) is 0.342. The third kappa shape index (κ3) is 4.60. The first-order valence-electron chi connectivity index (χ1n) is 10.1. The Balaban J connectivity index is 1.32. The summed E-state index contributed by atoms with van der Waals surface area (Å²) in [5.74, 6) is 1.56. The van der Waals surface area contributed by atoms with Gasteiger partial charge in [-0.25, -0.2) is 4.98 Å². The van der Waals surface area contributed by atoms with Gasteiger partial charge in [0.2, 0.25) is 11.8 Å². The lowest BCUT2D eigenvalue weighted by Crippen LogP contribution is -2.39. The van der Waals surface area contributed by atoms with E-state index in [0.717, 1.165) is 32.6 Å². The number of amides is 1. The van der Waals surface area contributed by atoms with Crippen LogP contribution in [-0.4, -0.2) is 32.6 Å². The third-order valence-corrected chi connectivity index (χ3v) is 7.82. The Kier molecular flexibility index (Phi) is 6.29. The van der Waals surface area contributed by atoms with E-state index in [9.17, 15) is 4.79 Å². The lowest BCUT2D eigenvalue weighted by atomic mass is 10.1. The summed E-state index contributed by atoms with van der Waals surface area (Å²) in [6.45, 7) is 1.97. The van der Waals surface area contributed by atoms with Crippen molar-refractivity contribution < 1.29 is 9.21 Å². The van der Waals surface area contributed by atoms with E-state index in [4.69, 9.17) is 4.42 Å². The summed E-state index contributed by atoms with van der Waals surface area (Å²) in [6.07, 6.45) is 0.499. The Morgan fingerprint density at radius 1 is 1.16 bits per heavy atom. The topological polar surface area (TPSA) is 72.1 Å². The highest BCUT2D eigenvalue weighted by molar-refractivity contribution is 8.00. The maximum Gasteiger partial charge on any atom is 0.277 e. The van der Waals surface area contributed by atoms with Gasteiger partial charge in [-0.1, -0.05) is 54.2 Å². The molecule has 0 unspecified atom stereocenters. The van der Waals surface area contributed by atoms with Crippen LogP contribution in [0.1, 0.15) is 28.2 Å². The van der Waals surface area contributed by atoms with Gasteiger partial charge in [0.15, 0.2) is 0 Å². The fourth-order valence-corrected chi connectivity index (χ4v) is 6.04. The first-order chi connectivity index (χ1) is 15.7. The van der Waals surface area contributed by atoms with Gasteiger partial charge in [0.1, 0.15) is 0 Å². The molecule has 0 saturated carbocycles. The van der Waals surface area contributed by atoms with Crippen molar-refractivity contribution in [2.45, 2.75) is 29.5 Å². The minimum atomic E-state index is -0.0182. The molecular formula is C23H20N4O2S3. The third-order valence-electron chi connectivity index (χ3n) is 5.05. The van der Waals surface area contributed by atoms with Gasteiger partial charge in [-0.3, -0.25) is 4.79 Å². The number of thiazole rings is 1. The molecule has 1 amide bonds. The first kappa shape index (κ1) is 21.2. The van der Waals surface area contributed by atoms with Crippen molar-refractivity contribution in [3.63, 3.8) is 0 Å². The molecule has 9 heteroatoms. The van der Waals surface area contributed by atoms with Crippen LogP contribution in [-0.2, 0) is 11.2 Å². The Morgan fingerprint density at radius 3 is 2.78 bits per heavy atom. The number of rotatable bonds is 6. The molecule has 1 atom stereocenters. The molecule has 6 nitrogen and oxygen atoms in total. The molecule has 1 aliphatic heterocycles. The summed E-state index contributed by atoms with van der Waals surface area (Å²) < 4.78 is 5.75. The highest BCUT2D eigenvalue weighted by atomic mass is 32.2. The number of hydrogen-bond acceptors (Lipinski definition) is 8. The Labute approximate surface area is 198 Å². The van der Waals surface area contributed by atoms with Gasteiger partial charge in [0, 0.05) is 16.0 Å². The van der Waals surface area contributed by atoms with Crippen LogP contribution < -0.4 is 4.90 Å². The lowest BCUT2D eigenvalue weighted by molar-refractivity contribution is -0.116. The molecule has 5 rings (SSSR count). The number of aromatic nitrogens is 3. The Bertz CT molecular complexity index is 1220. The van der Waals surface area contributed by atoms with Crippen molar-refractivity contribution >= 4 is 46.5 Å². The standard InChI is InChI=1S/C23H20N4O2S3/c1-15-24-17(12-30-15)11-21-25-26-23(29-21)32-14-22(28)27-18-9-5-6-10-20(18)31-13-19(27)16-7-3-2-4-8-16/h2-10,12,19H,11,13-14H2,1H3/t19-/m1/s1. The largest absolute Gasteiger partial charge is 0.416 e. The highest BCUT2D eigenvalue weighted by Crippen LogP contribution is 2.43. The molecule has 0 N–H and O–H groups in total. The predicted molar refractivity (Wildman–Crippen MR) is 129 cm³/mol. The normalized spacial score (nSPS) is 15.5. The van der Waals surface area contributed by atoms with E-state index in [0.29, 0.717) is 17.5 Å². The van der Waals surface area contributed by atoms with Crippen LogP contribution in [0.3, 0.4) is 0 Å². The van der Waals surface area contributed by atoms with E-state index in [1.807, 2.05) is 53.6 Å². The van der Waals surface area contributed by atoms with Crippen molar-refractivity contribution in [1.82, 2.24) is 15.2 Å². The molecule has 2 aromatic heterocycles. The van der Waals surface area contributed by atoms with Gasteiger partial charge in [-0.15, -0.1) is 33.3 Å². The zero-order valence-electron chi connectivity index (χ0n) is 17.3. The fraction of sp³-hybridized carbons (Fsp3) is 0.217. The summed E-state index contributed by atoms with van der Waals surface area (Å²) >= 11 is 4.66. The van der Waals surface area contributed by atoms with Crippen LogP contribution in [0, 0.1) is 6.92 Å². The fourth-order valence-electron chi connectivity index (χ4n) is 3.62. The number of thioether (sulfide) groups is 2. The zero-order chi connectivity index (χ0) is 21.9. The predicted octanol–water partition coefficient (Wildman–Crippen LogP) is 5.40. The van der Waals surface area contributed by atoms with Gasteiger partial charge in [-0.2, -0.15) is 0 Å². The van der Waals surface area contributed by atoms with Crippen LogP contribution in [0.15, 0.2) is 74.5 Å². The molecular weight excluding hydrogens is 460 g/mol. The molecule has 0 bridgehead atoms. The lowest BCUT2D eigenvalue weighted by Gasteiger charge is -2.37. The maximum absolute atomic E-state index is 13.4. The van der Waals surface area contributed by atoms with E-state index in [2.05, 4.69) is 33.4 Å². The first-order valence-corrected chi connectivity index (χ1v) is 13.0. The molecule has 4 aromatic rings. The SMILES string of the molecule is Cc1nc(Cc2nnc(SCC(=O)N3c4ccccc4SC[C@@H]3c3ccccc3)o2)cs1. The van der Waals surface area contributed by atoms with Crippen molar-refractivity contribution in [1.29, 1.82) is 0 Å². The molecule has 0 spiro atoms. The van der Waals surface area contributed by atoms with E-state index in [1.54, 1.807) is 23.1 Å². The number of carbonyl (C=O) groups excluding carboxylic acids is 1.